The molecule has 4 rings (SSSR count). The van der Waals surface area contributed by atoms with E-state index < -0.39 is 6.16 Å². The third kappa shape index (κ3) is 3.32. The van der Waals surface area contributed by atoms with Gasteiger partial charge in [-0.25, -0.2) is 14.8 Å². The number of rotatable bonds is 4. The maximum absolute atomic E-state index is 13.2. The lowest BCUT2D eigenvalue weighted by molar-refractivity contribution is 0.0751. The predicted molar refractivity (Wildman–Crippen MR) is 101 cm³/mol. The summed E-state index contributed by atoms with van der Waals surface area (Å²) >= 11 is 1.17. The molecule has 3 aromatic rings. The highest BCUT2D eigenvalue weighted by atomic mass is 32.1. The first-order valence-electron chi connectivity index (χ1n) is 8.85. The van der Waals surface area contributed by atoms with Crippen LogP contribution in [0.4, 0.5) is 4.79 Å². The van der Waals surface area contributed by atoms with Crippen molar-refractivity contribution in [3.8, 4) is 16.3 Å². The van der Waals surface area contributed by atoms with Gasteiger partial charge in [-0.2, -0.15) is 0 Å². The fourth-order valence-electron chi connectivity index (χ4n) is 3.68. The standard InChI is InChI=1S/C19H19N3O4S/c1-19(5-3-2-4-6-19)16(23)12-8-20-17-15(12)22-13(9-21-17)11-7-14(27-10-11)26-18(24)25/h7-10H,2-6H2,1H3,(H,20,21)(H,24,25). The fourth-order valence-corrected chi connectivity index (χ4v) is 4.42. The summed E-state index contributed by atoms with van der Waals surface area (Å²) in [5, 5.41) is 10.7. The van der Waals surface area contributed by atoms with E-state index in [-0.39, 0.29) is 16.3 Å². The second-order valence-electron chi connectivity index (χ2n) is 7.13. The van der Waals surface area contributed by atoms with Crippen molar-refractivity contribution in [3.05, 3.63) is 29.4 Å². The number of Topliss-reactive ketones (excluding diaryl/α,β-unsaturated/α-hetero) is 1. The average molecular weight is 385 g/mol. The normalized spacial score (nSPS) is 16.3. The largest absolute Gasteiger partial charge is 0.512 e. The van der Waals surface area contributed by atoms with Crippen LogP contribution >= 0.6 is 11.3 Å². The Morgan fingerprint density at radius 2 is 2.07 bits per heavy atom. The zero-order valence-electron chi connectivity index (χ0n) is 14.8. The Morgan fingerprint density at radius 1 is 1.30 bits per heavy atom. The average Bonchev–Trinajstić information content (AvgIpc) is 3.27. The van der Waals surface area contributed by atoms with E-state index in [4.69, 9.17) is 5.11 Å². The van der Waals surface area contributed by atoms with Crippen LogP contribution in [0.5, 0.6) is 5.06 Å². The van der Waals surface area contributed by atoms with Gasteiger partial charge in [-0.15, -0.1) is 11.3 Å². The van der Waals surface area contributed by atoms with Crippen molar-refractivity contribution >= 4 is 34.4 Å². The lowest BCUT2D eigenvalue weighted by atomic mass is 9.71. The molecule has 0 aliphatic heterocycles. The second-order valence-corrected chi connectivity index (χ2v) is 8.00. The molecule has 0 saturated heterocycles. The van der Waals surface area contributed by atoms with Gasteiger partial charge < -0.3 is 14.8 Å². The summed E-state index contributed by atoms with van der Waals surface area (Å²) < 4.78 is 4.67. The number of H-pyrrole nitrogens is 1. The number of ether oxygens (including phenoxy) is 1. The zero-order valence-corrected chi connectivity index (χ0v) is 15.6. The monoisotopic (exact) mass is 385 g/mol. The Hall–Kier alpha value is -2.74. The van der Waals surface area contributed by atoms with Crippen LogP contribution in [0, 0.1) is 5.41 Å². The first-order chi connectivity index (χ1) is 13.0. The van der Waals surface area contributed by atoms with Gasteiger partial charge in [0.1, 0.15) is 5.52 Å². The maximum atomic E-state index is 13.2. The quantitative estimate of drug-likeness (QED) is 0.489. The van der Waals surface area contributed by atoms with Crippen molar-refractivity contribution in [2.75, 3.05) is 0 Å². The van der Waals surface area contributed by atoms with Crippen LogP contribution in [0.1, 0.15) is 49.4 Å². The van der Waals surface area contributed by atoms with E-state index in [0.717, 1.165) is 25.7 Å². The lowest BCUT2D eigenvalue weighted by Gasteiger charge is -2.31. The summed E-state index contributed by atoms with van der Waals surface area (Å²) in [6.45, 7) is 2.04. The van der Waals surface area contributed by atoms with E-state index in [1.54, 1.807) is 23.8 Å². The number of hydrogen-bond donors (Lipinski definition) is 2. The Morgan fingerprint density at radius 3 is 2.81 bits per heavy atom. The summed E-state index contributed by atoms with van der Waals surface area (Å²) in [6, 6.07) is 1.60. The van der Waals surface area contributed by atoms with Crippen molar-refractivity contribution in [2.24, 2.45) is 5.41 Å². The van der Waals surface area contributed by atoms with Crippen LogP contribution < -0.4 is 4.74 Å². The number of aromatic nitrogens is 3. The SMILES string of the molecule is CC1(C(=O)c2c[nH]c3ncc(-c4csc(OC(=O)O)c4)nc23)CCCCC1. The first kappa shape index (κ1) is 17.7. The molecular formula is C19H19N3O4S. The Balaban J connectivity index is 1.70. The zero-order chi connectivity index (χ0) is 19.0. The topological polar surface area (TPSA) is 105 Å². The van der Waals surface area contributed by atoms with E-state index in [2.05, 4.69) is 19.7 Å². The number of fused-ring (bicyclic) bond motifs is 1. The number of carbonyl (C=O) groups excluding carboxylic acids is 1. The highest BCUT2D eigenvalue weighted by molar-refractivity contribution is 7.12. The molecule has 8 heteroatoms. The van der Waals surface area contributed by atoms with E-state index in [1.807, 2.05) is 6.92 Å². The number of hydrogen-bond acceptors (Lipinski definition) is 6. The number of ketones is 1. The number of thiophene rings is 1. The summed E-state index contributed by atoms with van der Waals surface area (Å²) in [5.74, 6) is 0.111. The highest BCUT2D eigenvalue weighted by Crippen LogP contribution is 2.40. The second kappa shape index (κ2) is 6.77. The van der Waals surface area contributed by atoms with Crippen molar-refractivity contribution < 1.29 is 19.4 Å². The Labute approximate surface area is 159 Å². The number of nitrogens with one attached hydrogen (secondary N) is 1. The number of carbonyl (C=O) groups is 2. The van der Waals surface area contributed by atoms with Gasteiger partial charge in [-0.05, 0) is 12.8 Å². The minimum absolute atomic E-state index is 0.111. The molecule has 3 heterocycles. The number of carboxylic acid groups (broad SMARTS) is 1. The van der Waals surface area contributed by atoms with Crippen molar-refractivity contribution in [2.45, 2.75) is 39.0 Å². The molecule has 2 N–H and O–H groups in total. The molecule has 3 aromatic heterocycles. The van der Waals surface area contributed by atoms with Gasteiger partial charge in [0.25, 0.3) is 0 Å². The van der Waals surface area contributed by atoms with Gasteiger partial charge in [-0.3, -0.25) is 4.79 Å². The van der Waals surface area contributed by atoms with Gasteiger partial charge in [-0.1, -0.05) is 26.2 Å². The van der Waals surface area contributed by atoms with E-state index in [1.165, 1.54) is 17.8 Å². The number of nitrogens with zero attached hydrogens (tertiary/aromatic N) is 2. The van der Waals surface area contributed by atoms with E-state index >= 15 is 0 Å². The van der Waals surface area contributed by atoms with Crippen molar-refractivity contribution in [1.29, 1.82) is 0 Å². The molecule has 1 fully saturated rings. The third-order valence-electron chi connectivity index (χ3n) is 5.19. The van der Waals surface area contributed by atoms with Gasteiger partial charge in [0.2, 0.25) is 0 Å². The van der Waals surface area contributed by atoms with Crippen LogP contribution in [0.2, 0.25) is 0 Å². The van der Waals surface area contributed by atoms with Crippen LogP contribution in [0.15, 0.2) is 23.8 Å². The van der Waals surface area contributed by atoms with Crippen LogP contribution in [0.25, 0.3) is 22.4 Å². The molecule has 0 amide bonds. The summed E-state index contributed by atoms with van der Waals surface area (Å²) in [7, 11) is 0. The van der Waals surface area contributed by atoms with E-state index in [9.17, 15) is 9.59 Å². The minimum Gasteiger partial charge on any atom is -0.449 e. The predicted octanol–water partition coefficient (Wildman–Crippen LogP) is 4.90. The molecule has 0 bridgehead atoms. The number of aromatic amines is 1. The first-order valence-corrected chi connectivity index (χ1v) is 9.73. The van der Waals surface area contributed by atoms with Crippen molar-refractivity contribution in [1.82, 2.24) is 15.0 Å². The minimum atomic E-state index is -1.36. The summed E-state index contributed by atoms with van der Waals surface area (Å²) in [4.78, 5) is 35.9. The molecule has 0 radical (unpaired) electrons. The fraction of sp³-hybridized carbons (Fsp3) is 0.368. The van der Waals surface area contributed by atoms with E-state index in [0.29, 0.717) is 28.0 Å². The lowest BCUT2D eigenvalue weighted by Crippen LogP contribution is -2.30. The van der Waals surface area contributed by atoms with Crippen LogP contribution in [-0.2, 0) is 0 Å². The molecule has 0 spiro atoms. The smallest absolute Gasteiger partial charge is 0.449 e. The van der Waals surface area contributed by atoms with Crippen molar-refractivity contribution in [3.63, 3.8) is 0 Å². The molecule has 140 valence electrons. The van der Waals surface area contributed by atoms with Crippen LogP contribution in [0.3, 0.4) is 0 Å². The third-order valence-corrected chi connectivity index (χ3v) is 6.00. The maximum Gasteiger partial charge on any atom is 0.512 e. The summed E-state index contributed by atoms with van der Waals surface area (Å²) in [5.41, 5.74) is 2.61. The van der Waals surface area contributed by atoms with Gasteiger partial charge in [0, 0.05) is 28.6 Å². The Bertz CT molecular complexity index is 1020. The molecule has 0 unspecified atom stereocenters. The molecule has 1 aliphatic rings. The Kier molecular flexibility index (Phi) is 4.43. The van der Waals surface area contributed by atoms with Crippen LogP contribution in [-0.4, -0.2) is 32.0 Å². The van der Waals surface area contributed by atoms with Gasteiger partial charge in [0.05, 0.1) is 17.5 Å². The molecule has 0 atom stereocenters. The van der Waals surface area contributed by atoms with Gasteiger partial charge in [0.15, 0.2) is 16.5 Å². The molecule has 1 aliphatic carbocycles. The molecule has 7 nitrogen and oxygen atoms in total. The molecule has 1 saturated carbocycles. The molecule has 27 heavy (non-hydrogen) atoms. The molecular weight excluding hydrogens is 366 g/mol. The summed E-state index contributed by atoms with van der Waals surface area (Å²) in [6.07, 6.45) is 7.05. The highest BCUT2D eigenvalue weighted by Gasteiger charge is 2.36. The van der Waals surface area contributed by atoms with Gasteiger partial charge >= 0.3 is 6.16 Å². The molecule has 0 aromatic carbocycles.